The summed E-state index contributed by atoms with van der Waals surface area (Å²) in [4.78, 5) is 25.7. The van der Waals surface area contributed by atoms with E-state index >= 15 is 0 Å². The van der Waals surface area contributed by atoms with Crippen molar-refractivity contribution in [3.63, 3.8) is 0 Å². The van der Waals surface area contributed by atoms with Crippen molar-refractivity contribution >= 4 is 25.2 Å². The Labute approximate surface area is 163 Å². The molecule has 27 heavy (non-hydrogen) atoms. The van der Waals surface area contributed by atoms with Crippen LogP contribution >= 0.6 is 0 Å². The van der Waals surface area contributed by atoms with Crippen molar-refractivity contribution in [2.45, 2.75) is 51.2 Å². The number of benzene rings is 1. The molecule has 0 saturated heterocycles. The van der Waals surface area contributed by atoms with E-state index in [1.165, 1.54) is 25.8 Å². The highest BCUT2D eigenvalue weighted by molar-refractivity contribution is 6.89. The van der Waals surface area contributed by atoms with Crippen molar-refractivity contribution in [3.05, 3.63) is 30.3 Å². The zero-order chi connectivity index (χ0) is 19.7. The van der Waals surface area contributed by atoms with Crippen molar-refractivity contribution in [1.82, 2.24) is 0 Å². The molecule has 2 fully saturated rings. The summed E-state index contributed by atoms with van der Waals surface area (Å²) in [6.07, 6.45) is 4.85. The zero-order valence-corrected chi connectivity index (χ0v) is 18.0. The molecule has 0 bridgehead atoms. The Morgan fingerprint density at radius 1 is 1.04 bits per heavy atom. The van der Waals surface area contributed by atoms with E-state index in [1.807, 2.05) is 0 Å². The van der Waals surface area contributed by atoms with Crippen LogP contribution < -0.4 is 5.19 Å². The number of methoxy groups -OCH3 is 2. The van der Waals surface area contributed by atoms with Gasteiger partial charge in [-0.15, -0.1) is 0 Å². The average Bonchev–Trinajstić information content (AvgIpc) is 3.02. The highest BCUT2D eigenvalue weighted by atomic mass is 28.3. The van der Waals surface area contributed by atoms with Gasteiger partial charge in [0, 0.05) is 0 Å². The molecule has 0 radical (unpaired) electrons. The number of fused-ring (bicyclic) bond motifs is 1. The lowest BCUT2D eigenvalue weighted by Crippen LogP contribution is -2.46. The van der Waals surface area contributed by atoms with E-state index in [4.69, 9.17) is 9.47 Å². The topological polar surface area (TPSA) is 52.6 Å². The second kappa shape index (κ2) is 7.78. The van der Waals surface area contributed by atoms with Gasteiger partial charge in [0.2, 0.25) is 0 Å². The molecule has 0 heterocycles. The van der Waals surface area contributed by atoms with Crippen LogP contribution in [-0.4, -0.2) is 34.2 Å². The summed E-state index contributed by atoms with van der Waals surface area (Å²) in [5.41, 5.74) is -1.11. The van der Waals surface area contributed by atoms with E-state index in [0.29, 0.717) is 18.3 Å². The van der Waals surface area contributed by atoms with Crippen molar-refractivity contribution in [2.24, 2.45) is 23.2 Å². The van der Waals surface area contributed by atoms with Crippen LogP contribution in [0.5, 0.6) is 0 Å². The zero-order valence-electron chi connectivity index (χ0n) is 17.0. The van der Waals surface area contributed by atoms with Crippen LogP contribution in [0.4, 0.5) is 0 Å². The van der Waals surface area contributed by atoms with Gasteiger partial charge in [-0.3, -0.25) is 9.59 Å². The fourth-order valence-electron chi connectivity index (χ4n) is 5.86. The fourth-order valence-corrected chi connectivity index (χ4v) is 8.94. The smallest absolute Gasteiger partial charge is 0.323 e. The predicted octanol–water partition coefficient (Wildman–Crippen LogP) is 3.76. The largest absolute Gasteiger partial charge is 0.468 e. The summed E-state index contributed by atoms with van der Waals surface area (Å²) in [5, 5.41) is 1.44. The quantitative estimate of drug-likeness (QED) is 0.438. The monoisotopic (exact) mass is 388 g/mol. The summed E-state index contributed by atoms with van der Waals surface area (Å²) in [7, 11) is 1.10. The Hall–Kier alpha value is -1.62. The number of esters is 2. The molecule has 1 aromatic carbocycles. The van der Waals surface area contributed by atoms with Crippen LogP contribution in [0.25, 0.3) is 0 Å². The predicted molar refractivity (Wildman–Crippen MR) is 108 cm³/mol. The maximum Gasteiger partial charge on any atom is 0.323 e. The second-order valence-corrected chi connectivity index (χ2v) is 13.7. The van der Waals surface area contributed by atoms with Gasteiger partial charge in [-0.25, -0.2) is 0 Å². The number of carbonyl (C=O) groups excluding carboxylic acids is 2. The lowest BCUT2D eigenvalue weighted by molar-refractivity contribution is -0.173. The first-order valence-corrected chi connectivity index (χ1v) is 13.3. The van der Waals surface area contributed by atoms with E-state index in [-0.39, 0.29) is 5.92 Å². The summed E-state index contributed by atoms with van der Waals surface area (Å²) < 4.78 is 10.3. The molecular formula is C22H32O4Si. The first-order valence-electron chi connectivity index (χ1n) is 10.1. The van der Waals surface area contributed by atoms with Gasteiger partial charge in [-0.1, -0.05) is 67.5 Å². The summed E-state index contributed by atoms with van der Waals surface area (Å²) in [5.74, 6) is 0.0420. The Morgan fingerprint density at radius 2 is 1.63 bits per heavy atom. The summed E-state index contributed by atoms with van der Waals surface area (Å²) in [6.45, 7) is 4.80. The van der Waals surface area contributed by atoms with Gasteiger partial charge in [0.15, 0.2) is 5.41 Å². The Balaban J connectivity index is 1.95. The van der Waals surface area contributed by atoms with Crippen LogP contribution in [0.3, 0.4) is 0 Å². The Morgan fingerprint density at radius 3 is 2.22 bits per heavy atom. The minimum atomic E-state index is -1.68. The maximum atomic E-state index is 12.9. The normalized spacial score (nSPS) is 26.9. The molecule has 2 aliphatic carbocycles. The SMILES string of the molecule is COC(=O)C1(C(=O)OC)CC(C[Si](C)(C)c2ccccc2)C2CCCCC21. The third-order valence-electron chi connectivity index (χ3n) is 7.07. The molecule has 0 spiro atoms. The van der Waals surface area contributed by atoms with Gasteiger partial charge in [-0.05, 0) is 37.0 Å². The number of hydrogen-bond donors (Lipinski definition) is 0. The molecule has 4 nitrogen and oxygen atoms in total. The first-order chi connectivity index (χ1) is 12.9. The maximum absolute atomic E-state index is 12.9. The fraction of sp³-hybridized carbons (Fsp3) is 0.636. The van der Waals surface area contributed by atoms with Gasteiger partial charge in [0.25, 0.3) is 0 Å². The van der Waals surface area contributed by atoms with E-state index in [1.54, 1.807) is 0 Å². The van der Waals surface area contributed by atoms with Crippen LogP contribution in [-0.2, 0) is 19.1 Å². The van der Waals surface area contributed by atoms with Crippen LogP contribution in [0.15, 0.2) is 30.3 Å². The summed E-state index contributed by atoms with van der Waals surface area (Å²) in [6, 6.07) is 11.8. The molecule has 2 saturated carbocycles. The number of carbonyl (C=O) groups is 2. The van der Waals surface area contributed by atoms with E-state index < -0.39 is 25.4 Å². The van der Waals surface area contributed by atoms with Gasteiger partial charge < -0.3 is 9.47 Å². The van der Waals surface area contributed by atoms with E-state index in [2.05, 4.69) is 43.4 Å². The molecular weight excluding hydrogens is 356 g/mol. The van der Waals surface area contributed by atoms with E-state index in [9.17, 15) is 9.59 Å². The average molecular weight is 389 g/mol. The van der Waals surface area contributed by atoms with Crippen LogP contribution in [0.2, 0.25) is 19.1 Å². The van der Waals surface area contributed by atoms with Crippen molar-refractivity contribution in [2.75, 3.05) is 14.2 Å². The molecule has 3 unspecified atom stereocenters. The third kappa shape index (κ3) is 3.46. The highest BCUT2D eigenvalue weighted by Gasteiger charge is 2.64. The molecule has 3 rings (SSSR count). The van der Waals surface area contributed by atoms with Gasteiger partial charge in [0.1, 0.15) is 0 Å². The number of hydrogen-bond acceptors (Lipinski definition) is 4. The lowest BCUT2D eigenvalue weighted by atomic mass is 9.69. The number of ether oxygens (including phenoxy) is 2. The molecule has 5 heteroatoms. The van der Waals surface area contributed by atoms with E-state index in [0.717, 1.165) is 25.3 Å². The van der Waals surface area contributed by atoms with Gasteiger partial charge in [0.05, 0.1) is 22.3 Å². The molecule has 1 aromatic rings. The molecule has 0 aromatic heterocycles. The van der Waals surface area contributed by atoms with Crippen molar-refractivity contribution in [3.8, 4) is 0 Å². The van der Waals surface area contributed by atoms with Crippen LogP contribution in [0, 0.1) is 23.2 Å². The number of rotatable bonds is 5. The Bertz CT molecular complexity index is 669. The molecule has 0 N–H and O–H groups in total. The highest BCUT2D eigenvalue weighted by Crippen LogP contribution is 2.59. The minimum Gasteiger partial charge on any atom is -0.468 e. The molecule has 0 aliphatic heterocycles. The standard InChI is InChI=1S/C22H32O4Si/c1-25-20(23)22(21(24)26-2)14-16(18-12-8-9-13-19(18)22)15-27(3,4)17-10-6-5-7-11-17/h5-7,10-11,16,18-19H,8-9,12-15H2,1-4H3. The lowest BCUT2D eigenvalue weighted by Gasteiger charge is -2.36. The minimum absolute atomic E-state index is 0.0525. The first kappa shape index (κ1) is 20.1. The summed E-state index contributed by atoms with van der Waals surface area (Å²) >= 11 is 0. The Kier molecular flexibility index (Phi) is 5.80. The molecule has 148 valence electrons. The van der Waals surface area contributed by atoms with Crippen molar-refractivity contribution < 1.29 is 19.1 Å². The van der Waals surface area contributed by atoms with Gasteiger partial charge in [-0.2, -0.15) is 0 Å². The molecule has 0 amide bonds. The second-order valence-electron chi connectivity index (χ2n) is 8.93. The van der Waals surface area contributed by atoms with Gasteiger partial charge >= 0.3 is 11.9 Å². The molecule has 2 aliphatic rings. The third-order valence-corrected chi connectivity index (χ3v) is 10.5. The van der Waals surface area contributed by atoms with Crippen LogP contribution in [0.1, 0.15) is 32.1 Å². The van der Waals surface area contributed by atoms with Crippen molar-refractivity contribution in [1.29, 1.82) is 0 Å². The molecule has 3 atom stereocenters.